The van der Waals surface area contributed by atoms with Crippen LogP contribution in [0.1, 0.15) is 5.56 Å². The van der Waals surface area contributed by atoms with Gasteiger partial charge in [0.25, 0.3) is 11.6 Å². The van der Waals surface area contributed by atoms with E-state index in [2.05, 4.69) is 10.6 Å². The van der Waals surface area contributed by atoms with Gasteiger partial charge in [0, 0.05) is 18.0 Å². The van der Waals surface area contributed by atoms with Crippen LogP contribution in [-0.4, -0.2) is 17.9 Å². The molecule has 0 fully saturated rings. The standard InChI is InChI=1S/C18H16N4O4/c1-12-4-3-5-14(8-12)20-11-13(10-19)18(23)21-16-7-6-15(22(24)25)9-17(16)26-2/h3-9,11,20H,1-2H3,(H,21,23)/b13-11-. The quantitative estimate of drug-likeness (QED) is 0.356. The molecule has 8 heteroatoms. The molecule has 0 saturated carbocycles. The van der Waals surface area contributed by atoms with E-state index in [0.29, 0.717) is 0 Å². The van der Waals surface area contributed by atoms with Crippen molar-refractivity contribution in [1.82, 2.24) is 0 Å². The monoisotopic (exact) mass is 352 g/mol. The van der Waals surface area contributed by atoms with E-state index in [1.54, 1.807) is 6.07 Å². The van der Waals surface area contributed by atoms with Gasteiger partial charge in [-0.2, -0.15) is 5.26 Å². The highest BCUT2D eigenvalue weighted by atomic mass is 16.6. The number of nitriles is 1. The smallest absolute Gasteiger partial charge is 0.273 e. The molecule has 0 aliphatic heterocycles. The normalized spacial score (nSPS) is 10.6. The molecule has 0 radical (unpaired) electrons. The molecule has 0 saturated heterocycles. The Kier molecular flexibility index (Phi) is 5.90. The van der Waals surface area contributed by atoms with Gasteiger partial charge in [-0.3, -0.25) is 14.9 Å². The SMILES string of the molecule is COc1cc([N+](=O)[O-])ccc1NC(=O)/C(C#N)=C\Nc1cccc(C)c1. The summed E-state index contributed by atoms with van der Waals surface area (Å²) in [6.07, 6.45) is 1.29. The highest BCUT2D eigenvalue weighted by molar-refractivity contribution is 6.07. The number of benzene rings is 2. The van der Waals surface area contributed by atoms with Crippen molar-refractivity contribution in [3.05, 3.63) is 69.9 Å². The maximum absolute atomic E-state index is 12.3. The van der Waals surface area contributed by atoms with Gasteiger partial charge in [-0.05, 0) is 30.7 Å². The summed E-state index contributed by atoms with van der Waals surface area (Å²) in [6, 6.07) is 13.0. The Morgan fingerprint density at radius 2 is 2.08 bits per heavy atom. The molecule has 0 aromatic heterocycles. The summed E-state index contributed by atoms with van der Waals surface area (Å²) in [4.78, 5) is 22.5. The molecule has 0 bridgehead atoms. The molecule has 1 amide bonds. The number of nitrogens with zero attached hydrogens (tertiary/aromatic N) is 2. The highest BCUT2D eigenvalue weighted by Gasteiger charge is 2.15. The van der Waals surface area contributed by atoms with Crippen molar-refractivity contribution in [3.63, 3.8) is 0 Å². The van der Waals surface area contributed by atoms with E-state index in [4.69, 9.17) is 4.74 Å². The molecule has 0 atom stereocenters. The lowest BCUT2D eigenvalue weighted by molar-refractivity contribution is -0.384. The second-order valence-corrected chi connectivity index (χ2v) is 5.28. The predicted octanol–water partition coefficient (Wildman–Crippen LogP) is 3.37. The van der Waals surface area contributed by atoms with Crippen molar-refractivity contribution in [2.75, 3.05) is 17.7 Å². The van der Waals surface area contributed by atoms with Gasteiger partial charge in [0.2, 0.25) is 0 Å². The lowest BCUT2D eigenvalue weighted by atomic mass is 10.2. The number of non-ortho nitro benzene ring substituents is 1. The molecular weight excluding hydrogens is 336 g/mol. The van der Waals surface area contributed by atoms with Gasteiger partial charge in [0.15, 0.2) is 0 Å². The molecule has 0 aliphatic rings. The van der Waals surface area contributed by atoms with E-state index in [1.807, 2.05) is 31.2 Å². The number of carbonyl (C=O) groups is 1. The molecule has 2 aromatic rings. The Morgan fingerprint density at radius 1 is 1.31 bits per heavy atom. The second-order valence-electron chi connectivity index (χ2n) is 5.28. The number of nitro benzene ring substituents is 1. The Hall–Kier alpha value is -3.86. The Morgan fingerprint density at radius 3 is 2.69 bits per heavy atom. The zero-order valence-electron chi connectivity index (χ0n) is 14.1. The molecule has 0 spiro atoms. The molecule has 0 aliphatic carbocycles. The fourth-order valence-corrected chi connectivity index (χ4v) is 2.13. The minimum Gasteiger partial charge on any atom is -0.494 e. The van der Waals surface area contributed by atoms with Gasteiger partial charge >= 0.3 is 0 Å². The van der Waals surface area contributed by atoms with Crippen LogP contribution in [0, 0.1) is 28.4 Å². The number of amides is 1. The number of ether oxygens (including phenoxy) is 1. The van der Waals surface area contributed by atoms with Crippen molar-refractivity contribution in [2.45, 2.75) is 6.92 Å². The second kappa shape index (κ2) is 8.30. The van der Waals surface area contributed by atoms with Gasteiger partial charge in [-0.1, -0.05) is 12.1 Å². The lowest BCUT2D eigenvalue weighted by Gasteiger charge is -2.09. The summed E-state index contributed by atoms with van der Waals surface area (Å²) in [5, 5.41) is 25.4. The van der Waals surface area contributed by atoms with Crippen LogP contribution in [0.25, 0.3) is 0 Å². The number of carbonyl (C=O) groups excluding carboxylic acids is 1. The van der Waals surface area contributed by atoms with Crippen LogP contribution in [0.4, 0.5) is 17.1 Å². The van der Waals surface area contributed by atoms with Crippen LogP contribution in [0.3, 0.4) is 0 Å². The Balaban J connectivity index is 2.18. The van der Waals surface area contributed by atoms with Crippen LogP contribution in [0.15, 0.2) is 54.2 Å². The largest absolute Gasteiger partial charge is 0.494 e. The van der Waals surface area contributed by atoms with Crippen LogP contribution < -0.4 is 15.4 Å². The van der Waals surface area contributed by atoms with Gasteiger partial charge in [-0.15, -0.1) is 0 Å². The van der Waals surface area contributed by atoms with Gasteiger partial charge in [0.1, 0.15) is 17.4 Å². The first kappa shape index (κ1) is 18.5. The third kappa shape index (κ3) is 4.58. The molecule has 2 aromatic carbocycles. The van der Waals surface area contributed by atoms with Crippen LogP contribution in [0.5, 0.6) is 5.75 Å². The molecular formula is C18H16N4O4. The maximum Gasteiger partial charge on any atom is 0.273 e. The zero-order chi connectivity index (χ0) is 19.1. The van der Waals surface area contributed by atoms with Crippen molar-refractivity contribution in [3.8, 4) is 11.8 Å². The van der Waals surface area contributed by atoms with Crippen molar-refractivity contribution in [2.24, 2.45) is 0 Å². The third-order valence-electron chi connectivity index (χ3n) is 3.41. The molecule has 132 valence electrons. The number of rotatable bonds is 6. The summed E-state index contributed by atoms with van der Waals surface area (Å²) >= 11 is 0. The van der Waals surface area contributed by atoms with E-state index < -0.39 is 10.8 Å². The number of hydrogen-bond acceptors (Lipinski definition) is 6. The van der Waals surface area contributed by atoms with Gasteiger partial charge in [0.05, 0.1) is 23.8 Å². The third-order valence-corrected chi connectivity index (χ3v) is 3.41. The number of hydrogen-bond donors (Lipinski definition) is 2. The average molecular weight is 352 g/mol. The van der Waals surface area contributed by atoms with Crippen molar-refractivity contribution in [1.29, 1.82) is 5.26 Å². The number of nitrogens with one attached hydrogen (secondary N) is 2. The number of anilines is 2. The van der Waals surface area contributed by atoms with Crippen molar-refractivity contribution < 1.29 is 14.5 Å². The van der Waals surface area contributed by atoms with E-state index in [0.717, 1.165) is 11.3 Å². The zero-order valence-corrected chi connectivity index (χ0v) is 14.1. The summed E-state index contributed by atoms with van der Waals surface area (Å²) in [5.41, 5.74) is 1.66. The van der Waals surface area contributed by atoms with E-state index in [-0.39, 0.29) is 22.7 Å². The summed E-state index contributed by atoms with van der Waals surface area (Å²) < 4.78 is 5.06. The van der Waals surface area contributed by atoms with E-state index in [1.165, 1.54) is 31.5 Å². The summed E-state index contributed by atoms with van der Waals surface area (Å²) in [5.74, 6) is -0.545. The summed E-state index contributed by atoms with van der Waals surface area (Å²) in [7, 11) is 1.33. The molecule has 0 unspecified atom stereocenters. The average Bonchev–Trinajstić information content (AvgIpc) is 2.62. The maximum atomic E-state index is 12.3. The Labute approximate surface area is 149 Å². The van der Waals surface area contributed by atoms with Gasteiger partial charge < -0.3 is 15.4 Å². The number of methoxy groups -OCH3 is 1. The predicted molar refractivity (Wildman–Crippen MR) is 96.8 cm³/mol. The van der Waals surface area contributed by atoms with Crippen LogP contribution in [-0.2, 0) is 4.79 Å². The van der Waals surface area contributed by atoms with Crippen LogP contribution >= 0.6 is 0 Å². The first-order valence-corrected chi connectivity index (χ1v) is 7.52. The van der Waals surface area contributed by atoms with E-state index >= 15 is 0 Å². The van der Waals surface area contributed by atoms with Crippen LogP contribution in [0.2, 0.25) is 0 Å². The van der Waals surface area contributed by atoms with Crippen molar-refractivity contribution >= 4 is 23.0 Å². The fourth-order valence-electron chi connectivity index (χ4n) is 2.13. The minimum atomic E-state index is -0.667. The first-order valence-electron chi connectivity index (χ1n) is 7.52. The first-order chi connectivity index (χ1) is 12.4. The van der Waals surface area contributed by atoms with Gasteiger partial charge in [-0.25, -0.2) is 0 Å². The molecule has 2 rings (SSSR count). The number of nitro groups is 1. The number of aryl methyl sites for hydroxylation is 1. The molecule has 8 nitrogen and oxygen atoms in total. The molecule has 0 heterocycles. The fraction of sp³-hybridized carbons (Fsp3) is 0.111. The minimum absolute atomic E-state index is 0.122. The molecule has 2 N–H and O–H groups in total. The van der Waals surface area contributed by atoms with E-state index in [9.17, 15) is 20.2 Å². The topological polar surface area (TPSA) is 117 Å². The lowest BCUT2D eigenvalue weighted by Crippen LogP contribution is -2.15. The molecule has 26 heavy (non-hydrogen) atoms. The summed E-state index contributed by atoms with van der Waals surface area (Å²) in [6.45, 7) is 1.92. The highest BCUT2D eigenvalue weighted by Crippen LogP contribution is 2.29. The Bertz CT molecular complexity index is 916.